The van der Waals surface area contributed by atoms with Crippen molar-refractivity contribution in [2.75, 3.05) is 20.1 Å². The van der Waals surface area contributed by atoms with Gasteiger partial charge in [0, 0.05) is 12.1 Å². The lowest BCUT2D eigenvalue weighted by Gasteiger charge is -2.20. The van der Waals surface area contributed by atoms with E-state index < -0.39 is 0 Å². The number of carbonyl (C=O) groups excluding carboxylic acids is 1. The molecule has 0 fully saturated rings. The van der Waals surface area contributed by atoms with Crippen LogP contribution in [-0.4, -0.2) is 26.0 Å². The molecule has 1 aliphatic heterocycles. The normalized spacial score (nSPS) is 20.1. The molecule has 1 aromatic heterocycles. The Bertz CT molecular complexity index is 384. The fraction of sp³-hybridized carbons (Fsp3) is 0.364. The van der Waals surface area contributed by atoms with Crippen LogP contribution in [-0.2, 0) is 0 Å². The Hall–Kier alpha value is -1.75. The van der Waals surface area contributed by atoms with Gasteiger partial charge in [0.1, 0.15) is 0 Å². The van der Waals surface area contributed by atoms with E-state index in [1.165, 1.54) is 11.2 Å². The largest absolute Gasteiger partial charge is 0.459 e. The Morgan fingerprint density at radius 2 is 2.44 bits per heavy atom. The summed E-state index contributed by atoms with van der Waals surface area (Å²) < 4.78 is 4.98. The first-order valence-electron chi connectivity index (χ1n) is 5.36. The summed E-state index contributed by atoms with van der Waals surface area (Å²) >= 11 is 0. The average molecular weight is 222 g/mol. The second kappa shape index (κ2) is 4.85. The summed E-state index contributed by atoms with van der Waals surface area (Å²) in [5.41, 5.74) is 6.59. The van der Waals surface area contributed by atoms with Crippen molar-refractivity contribution in [3.63, 3.8) is 0 Å². The van der Waals surface area contributed by atoms with Gasteiger partial charge in [-0.3, -0.25) is 10.2 Å². The van der Waals surface area contributed by atoms with Crippen LogP contribution < -0.4 is 15.8 Å². The maximum Gasteiger partial charge on any atom is 0.305 e. The maximum atomic E-state index is 11.5. The summed E-state index contributed by atoms with van der Waals surface area (Å²) in [6.07, 6.45) is 4.53. The van der Waals surface area contributed by atoms with E-state index in [0.717, 1.165) is 25.2 Å². The summed E-state index contributed by atoms with van der Waals surface area (Å²) in [5, 5.41) is 0. The lowest BCUT2D eigenvalue weighted by atomic mass is 10.2. The molecule has 1 aliphatic rings. The molecule has 1 atom stereocenters. The van der Waals surface area contributed by atoms with E-state index in [-0.39, 0.29) is 5.91 Å². The number of carbonyl (C=O) groups is 1. The third-order valence-corrected chi connectivity index (χ3v) is 2.60. The zero-order chi connectivity index (χ0) is 11.4. The minimum Gasteiger partial charge on any atom is -0.459 e. The number of hydrogen-bond donors (Lipinski definition) is 3. The van der Waals surface area contributed by atoms with Crippen molar-refractivity contribution in [2.45, 2.75) is 6.42 Å². The second-order valence-corrected chi connectivity index (χ2v) is 3.95. The quantitative estimate of drug-likeness (QED) is 0.594. The van der Waals surface area contributed by atoms with Crippen molar-refractivity contribution in [3.8, 4) is 0 Å². The third kappa shape index (κ3) is 2.64. The molecule has 0 radical (unpaired) electrons. The predicted octanol–water partition coefficient (Wildman–Crippen LogP) is -0.684. The van der Waals surface area contributed by atoms with Crippen molar-refractivity contribution >= 4 is 5.91 Å². The molecule has 1 unspecified atom stereocenters. The lowest BCUT2D eigenvalue weighted by Crippen LogP contribution is -3.09. The number of amides is 1. The van der Waals surface area contributed by atoms with Crippen LogP contribution in [0.3, 0.4) is 0 Å². The van der Waals surface area contributed by atoms with Crippen LogP contribution in [0.4, 0.5) is 0 Å². The van der Waals surface area contributed by atoms with Gasteiger partial charge >= 0.3 is 5.91 Å². The first-order chi connectivity index (χ1) is 7.75. The van der Waals surface area contributed by atoms with Gasteiger partial charge in [0.05, 0.1) is 26.4 Å². The molecule has 0 bridgehead atoms. The molecule has 1 aromatic rings. The lowest BCUT2D eigenvalue weighted by molar-refractivity contribution is -0.875. The van der Waals surface area contributed by atoms with Gasteiger partial charge in [-0.05, 0) is 18.2 Å². The minimum absolute atomic E-state index is 0.253. The number of rotatable bonds is 3. The standard InChI is InChI=1S/C11H15N3O2/c1-14-6-4-9(5-7-14)12-13-11(15)10-3-2-8-16-10/h2-4,8,12H,5-7H2,1H3,(H,13,15)/p+1. The molecular weight excluding hydrogens is 206 g/mol. The number of hydrazine groups is 1. The monoisotopic (exact) mass is 222 g/mol. The molecule has 16 heavy (non-hydrogen) atoms. The zero-order valence-electron chi connectivity index (χ0n) is 9.25. The SMILES string of the molecule is C[NH+]1CC=C(NNC(=O)c2ccco2)CC1. The van der Waals surface area contributed by atoms with Crippen molar-refractivity contribution in [3.05, 3.63) is 35.9 Å². The third-order valence-electron chi connectivity index (χ3n) is 2.60. The fourth-order valence-electron chi connectivity index (χ4n) is 1.57. The molecule has 0 aromatic carbocycles. The Balaban J connectivity index is 1.82. The summed E-state index contributed by atoms with van der Waals surface area (Å²) in [4.78, 5) is 13.0. The van der Waals surface area contributed by atoms with Crippen LogP contribution in [0.1, 0.15) is 17.0 Å². The van der Waals surface area contributed by atoms with Crippen molar-refractivity contribution in [2.24, 2.45) is 0 Å². The van der Waals surface area contributed by atoms with Crippen LogP contribution >= 0.6 is 0 Å². The topological polar surface area (TPSA) is 58.7 Å². The minimum atomic E-state index is -0.253. The summed E-state index contributed by atoms with van der Waals surface area (Å²) in [6.45, 7) is 2.06. The molecule has 0 aliphatic carbocycles. The predicted molar refractivity (Wildman–Crippen MR) is 58.6 cm³/mol. The van der Waals surface area contributed by atoms with Gasteiger partial charge in [-0.2, -0.15) is 0 Å². The number of nitrogens with one attached hydrogen (secondary N) is 3. The molecule has 86 valence electrons. The van der Waals surface area contributed by atoms with Crippen LogP contribution in [0.15, 0.2) is 34.6 Å². The second-order valence-electron chi connectivity index (χ2n) is 3.95. The first kappa shape index (κ1) is 10.8. The van der Waals surface area contributed by atoms with Gasteiger partial charge in [0.2, 0.25) is 0 Å². The summed E-state index contributed by atoms with van der Waals surface area (Å²) in [7, 11) is 2.15. The molecule has 0 saturated heterocycles. The molecule has 2 heterocycles. The highest BCUT2D eigenvalue weighted by atomic mass is 16.3. The highest BCUT2D eigenvalue weighted by Crippen LogP contribution is 1.99. The van der Waals surface area contributed by atoms with Crippen LogP contribution in [0.2, 0.25) is 0 Å². The van der Waals surface area contributed by atoms with E-state index in [1.807, 2.05) is 0 Å². The van der Waals surface area contributed by atoms with Gasteiger partial charge in [0.15, 0.2) is 5.76 Å². The Morgan fingerprint density at radius 3 is 3.06 bits per heavy atom. The van der Waals surface area contributed by atoms with Crippen LogP contribution in [0.5, 0.6) is 0 Å². The van der Waals surface area contributed by atoms with E-state index in [1.54, 1.807) is 12.1 Å². The molecular formula is C11H16N3O2+. The van der Waals surface area contributed by atoms with E-state index in [4.69, 9.17) is 4.42 Å². The fourth-order valence-corrected chi connectivity index (χ4v) is 1.57. The van der Waals surface area contributed by atoms with Gasteiger partial charge in [-0.1, -0.05) is 0 Å². The van der Waals surface area contributed by atoms with E-state index in [2.05, 4.69) is 24.0 Å². The Morgan fingerprint density at radius 1 is 1.56 bits per heavy atom. The van der Waals surface area contributed by atoms with Crippen molar-refractivity contribution in [1.29, 1.82) is 0 Å². The van der Waals surface area contributed by atoms with Gasteiger partial charge < -0.3 is 14.7 Å². The number of furan rings is 1. The number of hydrogen-bond acceptors (Lipinski definition) is 3. The van der Waals surface area contributed by atoms with E-state index in [0.29, 0.717) is 5.76 Å². The van der Waals surface area contributed by atoms with E-state index in [9.17, 15) is 4.79 Å². The molecule has 0 spiro atoms. The molecule has 1 amide bonds. The first-order valence-corrected chi connectivity index (χ1v) is 5.36. The Labute approximate surface area is 94.1 Å². The van der Waals surface area contributed by atoms with Gasteiger partial charge in [-0.25, -0.2) is 0 Å². The molecule has 3 N–H and O–H groups in total. The zero-order valence-corrected chi connectivity index (χ0v) is 9.25. The molecule has 0 saturated carbocycles. The highest BCUT2D eigenvalue weighted by molar-refractivity contribution is 5.91. The number of quaternary nitrogens is 1. The van der Waals surface area contributed by atoms with Gasteiger partial charge in [0.25, 0.3) is 0 Å². The maximum absolute atomic E-state index is 11.5. The summed E-state index contributed by atoms with van der Waals surface area (Å²) in [5.74, 6) is 0.0591. The molecule has 2 rings (SSSR count). The Kier molecular flexibility index (Phi) is 3.26. The average Bonchev–Trinajstić information content (AvgIpc) is 2.81. The summed E-state index contributed by atoms with van der Waals surface area (Å²) in [6, 6.07) is 3.32. The van der Waals surface area contributed by atoms with Crippen LogP contribution in [0.25, 0.3) is 0 Å². The molecule has 5 heteroatoms. The van der Waals surface area contributed by atoms with Crippen LogP contribution in [0, 0.1) is 0 Å². The van der Waals surface area contributed by atoms with E-state index >= 15 is 0 Å². The molecule has 5 nitrogen and oxygen atoms in total. The van der Waals surface area contributed by atoms with Crippen molar-refractivity contribution < 1.29 is 14.1 Å². The van der Waals surface area contributed by atoms with Gasteiger partial charge in [-0.15, -0.1) is 0 Å². The number of likely N-dealkylation sites (N-methyl/N-ethyl adjacent to an activating group) is 1. The van der Waals surface area contributed by atoms with Crippen molar-refractivity contribution in [1.82, 2.24) is 10.9 Å². The smallest absolute Gasteiger partial charge is 0.305 e. The highest BCUT2D eigenvalue weighted by Gasteiger charge is 2.12.